The molecular formula is C9H11F2NO2. The maximum atomic E-state index is 12.0. The molecule has 0 saturated heterocycles. The van der Waals surface area contributed by atoms with Gasteiger partial charge >= 0.3 is 6.04 Å². The van der Waals surface area contributed by atoms with Gasteiger partial charge in [-0.15, -0.1) is 0 Å². The number of carbonyl (C=O) groups excluding carboxylic acids is 2. The highest BCUT2D eigenvalue weighted by molar-refractivity contribution is 5.82. The van der Waals surface area contributed by atoms with Crippen LogP contribution in [-0.2, 0) is 9.59 Å². The van der Waals surface area contributed by atoms with E-state index in [-0.39, 0.29) is 12.8 Å². The molecule has 0 aromatic carbocycles. The van der Waals surface area contributed by atoms with Crippen LogP contribution in [0, 0.1) is 0 Å². The Morgan fingerprint density at radius 2 is 2.14 bits per heavy atom. The Hall–Kier alpha value is -1.52. The fourth-order valence-corrected chi connectivity index (χ4v) is 0.785. The summed E-state index contributed by atoms with van der Waals surface area (Å²) in [6.45, 7) is -0.749. The number of nitrogens with one attached hydrogen (secondary N) is 1. The molecule has 0 rings (SSSR count). The van der Waals surface area contributed by atoms with Crippen LogP contribution in [0.3, 0.4) is 0 Å². The monoisotopic (exact) mass is 203 g/mol. The molecule has 0 spiro atoms. The largest absolute Gasteiger partial charge is 0.365 e. The highest BCUT2D eigenvalue weighted by Crippen LogP contribution is 2.05. The van der Waals surface area contributed by atoms with E-state index in [1.165, 1.54) is 12.3 Å². The average molecular weight is 203 g/mol. The molecule has 0 aliphatic rings. The van der Waals surface area contributed by atoms with E-state index in [0.717, 1.165) is 6.08 Å². The zero-order valence-electron chi connectivity index (χ0n) is 7.50. The van der Waals surface area contributed by atoms with Crippen LogP contribution < -0.4 is 5.32 Å². The Labute approximate surface area is 80.5 Å². The molecule has 14 heavy (non-hydrogen) atoms. The van der Waals surface area contributed by atoms with Gasteiger partial charge in [-0.3, -0.25) is 4.79 Å². The summed E-state index contributed by atoms with van der Waals surface area (Å²) < 4.78 is 23.5. The van der Waals surface area contributed by atoms with Gasteiger partial charge in [0.2, 0.25) is 0 Å². The lowest BCUT2D eigenvalue weighted by Gasteiger charge is -1.96. The lowest BCUT2D eigenvalue weighted by Crippen LogP contribution is -2.00. The van der Waals surface area contributed by atoms with E-state index in [1.54, 1.807) is 0 Å². The first-order valence-electron chi connectivity index (χ1n) is 4.00. The molecule has 0 bridgehead atoms. The van der Waals surface area contributed by atoms with E-state index in [4.69, 9.17) is 0 Å². The Morgan fingerprint density at radius 1 is 1.43 bits per heavy atom. The van der Waals surface area contributed by atoms with Crippen molar-refractivity contribution >= 4 is 12.3 Å². The summed E-state index contributed by atoms with van der Waals surface area (Å²) in [5, 5.41) is 2.22. The topological polar surface area (TPSA) is 46.2 Å². The standard InChI is InChI=1S/C9H11F2NO2/c10-7-12-4-3-8(2-1-5-13)6-9(11)14/h3-6,12H,1-2,7H2/b4-3-,8-6-. The van der Waals surface area contributed by atoms with Gasteiger partial charge in [0, 0.05) is 12.5 Å². The van der Waals surface area contributed by atoms with Gasteiger partial charge < -0.3 is 10.1 Å². The number of hydrogen-bond acceptors (Lipinski definition) is 3. The maximum absolute atomic E-state index is 12.0. The predicted octanol–water partition coefficient (Wildman–Crippen LogP) is 1.42. The van der Waals surface area contributed by atoms with Crippen molar-refractivity contribution in [3.63, 3.8) is 0 Å². The number of halogens is 2. The molecule has 0 aliphatic carbocycles. The summed E-state index contributed by atoms with van der Waals surface area (Å²) in [4.78, 5) is 20.1. The number of rotatable bonds is 7. The van der Waals surface area contributed by atoms with E-state index in [1.807, 2.05) is 0 Å². The highest BCUT2D eigenvalue weighted by atomic mass is 19.1. The first-order chi connectivity index (χ1) is 6.70. The van der Waals surface area contributed by atoms with Gasteiger partial charge in [-0.2, -0.15) is 4.39 Å². The molecule has 0 radical (unpaired) electrons. The lowest BCUT2D eigenvalue weighted by atomic mass is 10.1. The number of hydrogen-bond donors (Lipinski definition) is 1. The summed E-state index contributed by atoms with van der Waals surface area (Å²) in [7, 11) is 0. The normalized spacial score (nSPS) is 11.7. The molecule has 0 heterocycles. The molecule has 0 aromatic heterocycles. The van der Waals surface area contributed by atoms with Crippen LogP contribution in [0.5, 0.6) is 0 Å². The number of allylic oxidation sites excluding steroid dienone is 3. The Kier molecular flexibility index (Phi) is 7.22. The highest BCUT2D eigenvalue weighted by Gasteiger charge is 1.97. The van der Waals surface area contributed by atoms with Crippen LogP contribution in [0.15, 0.2) is 23.9 Å². The minimum Gasteiger partial charge on any atom is -0.365 e. The van der Waals surface area contributed by atoms with Crippen molar-refractivity contribution in [1.29, 1.82) is 0 Å². The third-order valence-electron chi connectivity index (χ3n) is 1.34. The first-order valence-corrected chi connectivity index (χ1v) is 4.00. The summed E-state index contributed by atoms with van der Waals surface area (Å²) in [6.07, 6.45) is 4.47. The van der Waals surface area contributed by atoms with E-state index in [0.29, 0.717) is 11.9 Å². The van der Waals surface area contributed by atoms with Crippen molar-refractivity contribution < 1.29 is 18.4 Å². The molecule has 78 valence electrons. The van der Waals surface area contributed by atoms with E-state index >= 15 is 0 Å². The van der Waals surface area contributed by atoms with E-state index < -0.39 is 12.8 Å². The van der Waals surface area contributed by atoms with Crippen LogP contribution in [0.25, 0.3) is 0 Å². The number of aldehydes is 1. The predicted molar refractivity (Wildman–Crippen MR) is 47.7 cm³/mol. The molecule has 5 heteroatoms. The van der Waals surface area contributed by atoms with Gasteiger partial charge in [-0.25, -0.2) is 4.39 Å². The van der Waals surface area contributed by atoms with Crippen molar-refractivity contribution in [2.75, 3.05) is 6.80 Å². The summed E-state index contributed by atoms with van der Waals surface area (Å²) in [5.74, 6) is 0. The zero-order valence-corrected chi connectivity index (χ0v) is 7.50. The Balaban J connectivity index is 4.23. The quantitative estimate of drug-likeness (QED) is 0.224. The van der Waals surface area contributed by atoms with E-state index in [2.05, 4.69) is 5.32 Å². The molecular weight excluding hydrogens is 192 g/mol. The minimum atomic E-state index is -1.59. The van der Waals surface area contributed by atoms with Crippen molar-refractivity contribution in [2.45, 2.75) is 12.8 Å². The fraction of sp³-hybridized carbons (Fsp3) is 0.333. The second-order valence-electron chi connectivity index (χ2n) is 2.40. The summed E-state index contributed by atoms with van der Waals surface area (Å²) >= 11 is 0. The van der Waals surface area contributed by atoms with Gasteiger partial charge in [-0.1, -0.05) is 0 Å². The number of alkyl halides is 1. The van der Waals surface area contributed by atoms with Crippen molar-refractivity contribution in [1.82, 2.24) is 5.32 Å². The molecule has 3 nitrogen and oxygen atoms in total. The van der Waals surface area contributed by atoms with Crippen LogP contribution >= 0.6 is 0 Å². The first kappa shape index (κ1) is 12.5. The van der Waals surface area contributed by atoms with Gasteiger partial charge in [-0.05, 0) is 24.3 Å². The van der Waals surface area contributed by atoms with Gasteiger partial charge in [0.05, 0.1) is 0 Å². The van der Waals surface area contributed by atoms with Gasteiger partial charge in [0.1, 0.15) is 6.29 Å². The minimum absolute atomic E-state index is 0.194. The Morgan fingerprint density at radius 3 is 2.64 bits per heavy atom. The maximum Gasteiger partial charge on any atom is 0.325 e. The molecule has 1 N–H and O–H groups in total. The molecule has 0 fully saturated rings. The zero-order chi connectivity index (χ0) is 10.8. The average Bonchev–Trinajstić information content (AvgIpc) is 2.13. The molecule has 0 saturated carbocycles. The molecule has 0 unspecified atom stereocenters. The van der Waals surface area contributed by atoms with Crippen molar-refractivity contribution in [2.24, 2.45) is 0 Å². The second kappa shape index (κ2) is 8.10. The van der Waals surface area contributed by atoms with Crippen LogP contribution in [0.2, 0.25) is 0 Å². The Bertz CT molecular complexity index is 249. The van der Waals surface area contributed by atoms with Crippen LogP contribution in [-0.4, -0.2) is 19.1 Å². The third-order valence-corrected chi connectivity index (χ3v) is 1.34. The smallest absolute Gasteiger partial charge is 0.325 e. The summed E-state index contributed by atoms with van der Waals surface area (Å²) in [5.41, 5.74) is 0.338. The summed E-state index contributed by atoms with van der Waals surface area (Å²) in [6, 6.07) is -1.59. The second-order valence-corrected chi connectivity index (χ2v) is 2.40. The third kappa shape index (κ3) is 7.15. The van der Waals surface area contributed by atoms with Gasteiger partial charge in [0.25, 0.3) is 0 Å². The van der Waals surface area contributed by atoms with Crippen LogP contribution in [0.4, 0.5) is 8.78 Å². The molecule has 0 amide bonds. The molecule has 0 aromatic rings. The van der Waals surface area contributed by atoms with E-state index in [9.17, 15) is 18.4 Å². The lowest BCUT2D eigenvalue weighted by molar-refractivity contribution is -0.124. The fourth-order valence-electron chi connectivity index (χ4n) is 0.785. The molecule has 0 aliphatic heterocycles. The number of carbonyl (C=O) groups is 2. The SMILES string of the molecule is O=CCCC(/C=C\NCF)=C/C(=O)F. The van der Waals surface area contributed by atoms with Crippen LogP contribution in [0.1, 0.15) is 12.8 Å². The van der Waals surface area contributed by atoms with Crippen molar-refractivity contribution in [3.8, 4) is 0 Å². The van der Waals surface area contributed by atoms with Crippen molar-refractivity contribution in [3.05, 3.63) is 23.9 Å². The van der Waals surface area contributed by atoms with Gasteiger partial charge in [0.15, 0.2) is 6.80 Å². The molecule has 0 atom stereocenters.